The van der Waals surface area contributed by atoms with E-state index in [0.29, 0.717) is 6.42 Å². The fourth-order valence-corrected chi connectivity index (χ4v) is 1.93. The van der Waals surface area contributed by atoms with Gasteiger partial charge in [0.05, 0.1) is 13.5 Å². The number of carbonyl (C=O) groups excluding carboxylic acids is 1. The number of carbonyl (C=O) groups is 1. The van der Waals surface area contributed by atoms with Gasteiger partial charge in [-0.15, -0.1) is 0 Å². The quantitative estimate of drug-likeness (QED) is 0.772. The summed E-state index contributed by atoms with van der Waals surface area (Å²) in [5.41, 5.74) is 3.41. The molecule has 0 aromatic heterocycles. The lowest BCUT2D eigenvalue weighted by molar-refractivity contribution is -0.139. The van der Waals surface area contributed by atoms with Crippen LogP contribution in [0.5, 0.6) is 0 Å². The molecule has 0 saturated heterocycles. The number of hydrogen-bond donors (Lipinski definition) is 0. The Bertz CT molecular complexity index is 568. The molecule has 2 aromatic rings. The predicted octanol–water partition coefficient (Wildman–Crippen LogP) is 3.66. The molecule has 0 bridgehead atoms. The molecule has 102 valence electrons. The fourth-order valence-electron chi connectivity index (χ4n) is 1.93. The lowest BCUT2D eigenvalue weighted by atomic mass is 10.1. The average Bonchev–Trinajstić information content (AvgIpc) is 2.50. The smallest absolute Gasteiger partial charge is 0.309 e. The zero-order chi connectivity index (χ0) is 14.2. The predicted molar refractivity (Wildman–Crippen MR) is 81.3 cm³/mol. The van der Waals surface area contributed by atoms with Gasteiger partial charge >= 0.3 is 5.97 Å². The Kier molecular flexibility index (Phi) is 5.13. The summed E-state index contributed by atoms with van der Waals surface area (Å²) in [6, 6.07) is 18.3. The summed E-state index contributed by atoms with van der Waals surface area (Å²) in [5.74, 6) is -0.207. The number of ether oxygens (including phenoxy) is 1. The van der Waals surface area contributed by atoms with Crippen molar-refractivity contribution < 1.29 is 9.53 Å². The number of benzene rings is 2. The summed E-state index contributed by atoms with van der Waals surface area (Å²) >= 11 is 0. The van der Waals surface area contributed by atoms with E-state index in [9.17, 15) is 4.79 Å². The van der Waals surface area contributed by atoms with Crippen LogP contribution in [0.2, 0.25) is 0 Å². The second kappa shape index (κ2) is 7.29. The average molecular weight is 266 g/mol. The summed E-state index contributed by atoms with van der Waals surface area (Å²) in [6.07, 6.45) is 5.47. The van der Waals surface area contributed by atoms with Gasteiger partial charge in [-0.1, -0.05) is 66.7 Å². The molecule has 0 amide bonds. The summed E-state index contributed by atoms with van der Waals surface area (Å²) in [7, 11) is 1.41. The van der Waals surface area contributed by atoms with Crippen LogP contribution in [0.15, 0.2) is 60.7 Å². The maximum Gasteiger partial charge on any atom is 0.309 e. The maximum absolute atomic E-state index is 11.2. The monoisotopic (exact) mass is 266 g/mol. The zero-order valence-corrected chi connectivity index (χ0v) is 11.6. The topological polar surface area (TPSA) is 26.3 Å². The molecule has 0 saturated carbocycles. The van der Waals surface area contributed by atoms with Gasteiger partial charge in [0, 0.05) is 0 Å². The Labute approximate surface area is 119 Å². The van der Waals surface area contributed by atoms with Gasteiger partial charge in [0.1, 0.15) is 0 Å². The van der Waals surface area contributed by atoms with E-state index < -0.39 is 0 Å². The van der Waals surface area contributed by atoms with Crippen molar-refractivity contribution in [2.24, 2.45) is 0 Å². The Morgan fingerprint density at radius 2 is 1.65 bits per heavy atom. The standard InChI is InChI=1S/C18H18O2/c1-20-18(19)14-17-12-10-16(11-13-17)9-5-8-15-6-3-2-4-7-15/h2-8,10-13H,9,14H2,1H3. The Morgan fingerprint density at radius 1 is 1.00 bits per heavy atom. The SMILES string of the molecule is COC(=O)Cc1ccc(CC=Cc2ccccc2)cc1. The molecule has 0 aliphatic carbocycles. The molecule has 2 nitrogen and oxygen atoms in total. The third kappa shape index (κ3) is 4.39. The van der Waals surface area contributed by atoms with Crippen molar-refractivity contribution in [3.8, 4) is 0 Å². The second-order valence-electron chi connectivity index (χ2n) is 4.59. The molecule has 0 heterocycles. The molecule has 0 N–H and O–H groups in total. The minimum absolute atomic E-state index is 0.207. The highest BCUT2D eigenvalue weighted by Crippen LogP contribution is 2.08. The normalized spacial score (nSPS) is 10.7. The van der Waals surface area contributed by atoms with Crippen LogP contribution < -0.4 is 0 Å². The van der Waals surface area contributed by atoms with Crippen LogP contribution in [0.3, 0.4) is 0 Å². The van der Waals surface area contributed by atoms with Crippen molar-refractivity contribution >= 4 is 12.0 Å². The van der Waals surface area contributed by atoms with Crippen LogP contribution in [-0.2, 0) is 22.4 Å². The molecule has 0 spiro atoms. The molecule has 2 aromatic carbocycles. The summed E-state index contributed by atoms with van der Waals surface area (Å²) in [5, 5.41) is 0. The lowest BCUT2D eigenvalue weighted by Crippen LogP contribution is -2.04. The van der Waals surface area contributed by atoms with E-state index in [1.807, 2.05) is 42.5 Å². The van der Waals surface area contributed by atoms with Gasteiger partial charge in [-0.3, -0.25) is 4.79 Å². The summed E-state index contributed by atoms with van der Waals surface area (Å²) in [4.78, 5) is 11.2. The van der Waals surface area contributed by atoms with Crippen molar-refractivity contribution in [3.63, 3.8) is 0 Å². The third-order valence-corrected chi connectivity index (χ3v) is 3.06. The van der Waals surface area contributed by atoms with Crippen molar-refractivity contribution in [1.29, 1.82) is 0 Å². The largest absolute Gasteiger partial charge is 0.469 e. The van der Waals surface area contributed by atoms with Crippen molar-refractivity contribution in [2.45, 2.75) is 12.8 Å². The number of rotatable bonds is 5. The van der Waals surface area contributed by atoms with E-state index in [2.05, 4.69) is 29.0 Å². The minimum Gasteiger partial charge on any atom is -0.469 e. The molecule has 0 aliphatic heterocycles. The molecule has 0 aliphatic rings. The molecule has 0 unspecified atom stereocenters. The minimum atomic E-state index is -0.207. The molecule has 20 heavy (non-hydrogen) atoms. The summed E-state index contributed by atoms with van der Waals surface area (Å²) < 4.78 is 4.65. The van der Waals surface area contributed by atoms with Gasteiger partial charge < -0.3 is 4.74 Å². The molecule has 0 fully saturated rings. The number of allylic oxidation sites excluding steroid dienone is 1. The van der Waals surface area contributed by atoms with E-state index in [0.717, 1.165) is 12.0 Å². The zero-order valence-electron chi connectivity index (χ0n) is 11.6. The fraction of sp³-hybridized carbons (Fsp3) is 0.167. The lowest BCUT2D eigenvalue weighted by Gasteiger charge is -2.01. The van der Waals surface area contributed by atoms with E-state index in [4.69, 9.17) is 0 Å². The first kappa shape index (κ1) is 14.1. The van der Waals surface area contributed by atoms with Crippen molar-refractivity contribution in [2.75, 3.05) is 7.11 Å². The van der Waals surface area contributed by atoms with Crippen LogP contribution in [-0.4, -0.2) is 13.1 Å². The van der Waals surface area contributed by atoms with Crippen molar-refractivity contribution in [1.82, 2.24) is 0 Å². The number of methoxy groups -OCH3 is 1. The second-order valence-corrected chi connectivity index (χ2v) is 4.59. The van der Waals surface area contributed by atoms with Gasteiger partial charge in [-0.05, 0) is 23.1 Å². The first-order valence-electron chi connectivity index (χ1n) is 6.64. The van der Waals surface area contributed by atoms with Crippen LogP contribution in [0.1, 0.15) is 16.7 Å². The number of esters is 1. The third-order valence-electron chi connectivity index (χ3n) is 3.06. The van der Waals surface area contributed by atoms with E-state index >= 15 is 0 Å². The maximum atomic E-state index is 11.2. The molecular formula is C18H18O2. The first-order chi connectivity index (χ1) is 9.78. The number of hydrogen-bond acceptors (Lipinski definition) is 2. The molecular weight excluding hydrogens is 248 g/mol. The van der Waals surface area contributed by atoms with Gasteiger partial charge in [0.15, 0.2) is 0 Å². The highest BCUT2D eigenvalue weighted by Gasteiger charge is 2.01. The Morgan fingerprint density at radius 3 is 2.30 bits per heavy atom. The van der Waals surface area contributed by atoms with Gasteiger partial charge in [0.25, 0.3) is 0 Å². The molecule has 2 rings (SSSR count). The molecule has 2 heteroatoms. The Balaban J connectivity index is 1.91. The Hall–Kier alpha value is -2.35. The first-order valence-corrected chi connectivity index (χ1v) is 6.64. The van der Waals surface area contributed by atoms with Crippen LogP contribution in [0.25, 0.3) is 6.08 Å². The van der Waals surface area contributed by atoms with Gasteiger partial charge in [0.2, 0.25) is 0 Å². The van der Waals surface area contributed by atoms with Gasteiger partial charge in [-0.25, -0.2) is 0 Å². The van der Waals surface area contributed by atoms with Gasteiger partial charge in [-0.2, -0.15) is 0 Å². The van der Waals surface area contributed by atoms with Crippen LogP contribution >= 0.6 is 0 Å². The van der Waals surface area contributed by atoms with Crippen molar-refractivity contribution in [3.05, 3.63) is 77.4 Å². The van der Waals surface area contributed by atoms with Crippen LogP contribution in [0, 0.1) is 0 Å². The van der Waals surface area contributed by atoms with E-state index in [1.165, 1.54) is 18.2 Å². The highest BCUT2D eigenvalue weighted by molar-refractivity contribution is 5.72. The van der Waals surface area contributed by atoms with Crippen LogP contribution in [0.4, 0.5) is 0 Å². The molecule has 0 atom stereocenters. The highest BCUT2D eigenvalue weighted by atomic mass is 16.5. The van der Waals surface area contributed by atoms with E-state index in [1.54, 1.807) is 0 Å². The van der Waals surface area contributed by atoms with E-state index in [-0.39, 0.29) is 5.97 Å². The molecule has 0 radical (unpaired) electrons. The summed E-state index contributed by atoms with van der Waals surface area (Å²) in [6.45, 7) is 0.